The minimum atomic E-state index is -0.0199. The van der Waals surface area contributed by atoms with Crippen molar-refractivity contribution in [2.24, 2.45) is 0 Å². The zero-order valence-electron chi connectivity index (χ0n) is 8.07. The third-order valence-electron chi connectivity index (χ3n) is 2.23. The summed E-state index contributed by atoms with van der Waals surface area (Å²) in [6.45, 7) is 0.601. The molecule has 2 rings (SSSR count). The Morgan fingerprint density at radius 3 is 2.93 bits per heavy atom. The van der Waals surface area contributed by atoms with Gasteiger partial charge in [-0.25, -0.2) is 0 Å². The second-order valence-electron chi connectivity index (χ2n) is 3.35. The molecule has 1 aromatic carbocycles. The second kappa shape index (κ2) is 3.98. The van der Waals surface area contributed by atoms with E-state index in [1.807, 2.05) is 0 Å². The molecular formula is C10H11ClN2O2. The smallest absolute Gasteiger partial charge is 0.255 e. The van der Waals surface area contributed by atoms with Gasteiger partial charge in [0.15, 0.2) is 5.75 Å². The van der Waals surface area contributed by atoms with E-state index in [1.54, 1.807) is 18.2 Å². The van der Waals surface area contributed by atoms with Crippen molar-refractivity contribution < 1.29 is 9.63 Å². The topological polar surface area (TPSA) is 55.6 Å². The molecule has 1 heterocycles. The molecule has 15 heavy (non-hydrogen) atoms. The molecule has 0 spiro atoms. The Morgan fingerprint density at radius 2 is 2.27 bits per heavy atom. The summed E-state index contributed by atoms with van der Waals surface area (Å²) >= 11 is 5.93. The van der Waals surface area contributed by atoms with Crippen LogP contribution in [0.2, 0.25) is 5.02 Å². The fourth-order valence-electron chi connectivity index (χ4n) is 1.44. The van der Waals surface area contributed by atoms with Gasteiger partial charge in [0.25, 0.3) is 5.91 Å². The summed E-state index contributed by atoms with van der Waals surface area (Å²) in [4.78, 5) is 16.7. The Labute approximate surface area is 92.5 Å². The van der Waals surface area contributed by atoms with Gasteiger partial charge < -0.3 is 10.6 Å². The predicted molar refractivity (Wildman–Crippen MR) is 57.4 cm³/mol. The van der Waals surface area contributed by atoms with Crippen molar-refractivity contribution in [1.29, 1.82) is 0 Å². The van der Waals surface area contributed by atoms with Gasteiger partial charge in [0.05, 0.1) is 12.2 Å². The van der Waals surface area contributed by atoms with E-state index in [9.17, 15) is 4.79 Å². The largest absolute Gasteiger partial charge is 0.397 e. The van der Waals surface area contributed by atoms with E-state index in [-0.39, 0.29) is 5.91 Å². The molecule has 2 N–H and O–H groups in total. The van der Waals surface area contributed by atoms with Gasteiger partial charge in [0, 0.05) is 6.42 Å². The molecule has 5 heteroatoms. The molecule has 1 aliphatic heterocycles. The van der Waals surface area contributed by atoms with Gasteiger partial charge in [0.1, 0.15) is 5.02 Å². The highest BCUT2D eigenvalue weighted by atomic mass is 35.5. The van der Waals surface area contributed by atoms with Gasteiger partial charge in [-0.05, 0) is 18.6 Å². The molecule has 80 valence electrons. The Hall–Kier alpha value is -1.42. The van der Waals surface area contributed by atoms with Gasteiger partial charge in [-0.2, -0.15) is 5.06 Å². The van der Waals surface area contributed by atoms with Crippen molar-refractivity contribution in [1.82, 2.24) is 5.06 Å². The second-order valence-corrected chi connectivity index (χ2v) is 3.73. The SMILES string of the molecule is Nc1cccc(ON2CCCC2=O)c1Cl. The highest BCUT2D eigenvalue weighted by molar-refractivity contribution is 6.34. The molecule has 0 saturated carbocycles. The average molecular weight is 227 g/mol. The Balaban J connectivity index is 2.17. The Bertz CT molecular complexity index is 395. The van der Waals surface area contributed by atoms with E-state index in [2.05, 4.69) is 0 Å². The van der Waals surface area contributed by atoms with Crippen molar-refractivity contribution in [3.8, 4) is 5.75 Å². The van der Waals surface area contributed by atoms with E-state index in [0.717, 1.165) is 6.42 Å². The number of carbonyl (C=O) groups excluding carboxylic acids is 1. The van der Waals surface area contributed by atoms with Gasteiger partial charge in [-0.15, -0.1) is 0 Å². The molecule has 1 saturated heterocycles. The number of nitrogens with zero attached hydrogens (tertiary/aromatic N) is 1. The van der Waals surface area contributed by atoms with Crippen molar-refractivity contribution in [2.45, 2.75) is 12.8 Å². The zero-order chi connectivity index (χ0) is 10.8. The number of hydroxylamine groups is 2. The van der Waals surface area contributed by atoms with Crippen LogP contribution in [0, 0.1) is 0 Å². The standard InChI is InChI=1S/C10H11ClN2O2/c11-10-7(12)3-1-4-8(10)15-13-6-2-5-9(13)14/h1,3-4H,2,5-6,12H2. The molecule has 0 aliphatic carbocycles. The van der Waals surface area contributed by atoms with Crippen LogP contribution in [0.4, 0.5) is 5.69 Å². The van der Waals surface area contributed by atoms with E-state index >= 15 is 0 Å². The molecule has 0 unspecified atom stereocenters. The minimum Gasteiger partial charge on any atom is -0.397 e. The number of hydrogen-bond donors (Lipinski definition) is 1. The lowest BCUT2D eigenvalue weighted by molar-refractivity contribution is -0.150. The summed E-state index contributed by atoms with van der Waals surface area (Å²) in [6, 6.07) is 5.10. The van der Waals surface area contributed by atoms with Crippen molar-refractivity contribution >= 4 is 23.2 Å². The maximum Gasteiger partial charge on any atom is 0.255 e. The molecular weight excluding hydrogens is 216 g/mol. The number of benzene rings is 1. The van der Waals surface area contributed by atoms with E-state index < -0.39 is 0 Å². The van der Waals surface area contributed by atoms with Crippen LogP contribution in [-0.4, -0.2) is 17.5 Å². The first-order valence-electron chi connectivity index (χ1n) is 4.71. The number of amides is 1. The first kappa shape index (κ1) is 10.1. The van der Waals surface area contributed by atoms with Gasteiger partial charge in [-0.3, -0.25) is 4.79 Å². The molecule has 0 bridgehead atoms. The molecule has 0 aromatic heterocycles. The van der Waals surface area contributed by atoms with Crippen LogP contribution in [0.5, 0.6) is 5.75 Å². The third-order valence-corrected chi connectivity index (χ3v) is 2.64. The van der Waals surface area contributed by atoms with Crippen molar-refractivity contribution in [3.63, 3.8) is 0 Å². The average Bonchev–Trinajstić information content (AvgIpc) is 2.60. The quantitative estimate of drug-likeness (QED) is 0.783. The van der Waals surface area contributed by atoms with Gasteiger partial charge in [-0.1, -0.05) is 17.7 Å². The highest BCUT2D eigenvalue weighted by Crippen LogP contribution is 2.31. The molecule has 1 amide bonds. The molecule has 0 atom stereocenters. The number of carbonyl (C=O) groups is 1. The van der Waals surface area contributed by atoms with E-state index in [0.29, 0.717) is 29.4 Å². The maximum atomic E-state index is 11.3. The number of nitrogen functional groups attached to an aromatic ring is 1. The van der Waals surface area contributed by atoms with E-state index in [4.69, 9.17) is 22.2 Å². The van der Waals surface area contributed by atoms with Crippen LogP contribution in [0.25, 0.3) is 0 Å². The summed E-state index contributed by atoms with van der Waals surface area (Å²) in [5.74, 6) is 0.403. The van der Waals surface area contributed by atoms with Crippen LogP contribution in [0.15, 0.2) is 18.2 Å². The number of hydrogen-bond acceptors (Lipinski definition) is 3. The monoisotopic (exact) mass is 226 g/mol. The first-order valence-corrected chi connectivity index (χ1v) is 5.08. The lowest BCUT2D eigenvalue weighted by Crippen LogP contribution is -2.28. The van der Waals surface area contributed by atoms with Gasteiger partial charge >= 0.3 is 0 Å². The number of nitrogens with two attached hydrogens (primary N) is 1. The lowest BCUT2D eigenvalue weighted by Gasteiger charge is -2.17. The number of rotatable bonds is 2. The lowest BCUT2D eigenvalue weighted by atomic mass is 10.3. The van der Waals surface area contributed by atoms with Crippen LogP contribution >= 0.6 is 11.6 Å². The van der Waals surface area contributed by atoms with Crippen molar-refractivity contribution in [2.75, 3.05) is 12.3 Å². The number of anilines is 1. The molecule has 1 aromatic rings. The summed E-state index contributed by atoms with van der Waals surface area (Å²) in [7, 11) is 0. The molecule has 0 radical (unpaired) electrons. The molecule has 1 fully saturated rings. The number of halogens is 1. The Morgan fingerprint density at radius 1 is 1.47 bits per heavy atom. The van der Waals surface area contributed by atoms with E-state index in [1.165, 1.54) is 5.06 Å². The maximum absolute atomic E-state index is 11.3. The highest BCUT2D eigenvalue weighted by Gasteiger charge is 2.23. The van der Waals surface area contributed by atoms with Crippen LogP contribution in [-0.2, 0) is 4.79 Å². The molecule has 1 aliphatic rings. The van der Waals surface area contributed by atoms with Crippen LogP contribution in [0.1, 0.15) is 12.8 Å². The fraction of sp³-hybridized carbons (Fsp3) is 0.300. The summed E-state index contributed by atoms with van der Waals surface area (Å²) in [6.07, 6.45) is 1.35. The normalized spacial score (nSPS) is 15.8. The first-order chi connectivity index (χ1) is 7.18. The Kier molecular flexibility index (Phi) is 2.68. The summed E-state index contributed by atoms with van der Waals surface area (Å²) in [5, 5.41) is 1.66. The third kappa shape index (κ3) is 1.99. The molecule has 4 nitrogen and oxygen atoms in total. The van der Waals surface area contributed by atoms with Crippen molar-refractivity contribution in [3.05, 3.63) is 23.2 Å². The van der Waals surface area contributed by atoms with Gasteiger partial charge in [0.2, 0.25) is 0 Å². The predicted octanol–water partition coefficient (Wildman–Crippen LogP) is 1.84. The van der Waals surface area contributed by atoms with Crippen LogP contribution < -0.4 is 10.6 Å². The minimum absolute atomic E-state index is 0.0199. The fourth-order valence-corrected chi connectivity index (χ4v) is 1.60. The summed E-state index contributed by atoms with van der Waals surface area (Å²) < 4.78 is 0. The van der Waals surface area contributed by atoms with Crippen LogP contribution in [0.3, 0.4) is 0 Å². The summed E-state index contributed by atoms with van der Waals surface area (Å²) in [5.41, 5.74) is 6.06. The zero-order valence-corrected chi connectivity index (χ0v) is 8.83.